The molecule has 0 aliphatic heterocycles. The first-order valence-corrected chi connectivity index (χ1v) is 5.50. The Hall–Kier alpha value is -1.11. The SMILES string of the molecule is CCC(C)(C)C(=O)c1ccc(C)c(C)c1. The van der Waals surface area contributed by atoms with Crippen molar-refractivity contribution in [2.24, 2.45) is 5.41 Å². The number of benzene rings is 1. The van der Waals surface area contributed by atoms with Crippen molar-refractivity contribution in [3.05, 3.63) is 34.9 Å². The Labute approximate surface area is 92.5 Å². The second-order valence-corrected chi connectivity index (χ2v) is 4.87. The zero-order chi connectivity index (χ0) is 11.6. The zero-order valence-corrected chi connectivity index (χ0v) is 10.3. The molecule has 1 heteroatoms. The average Bonchev–Trinajstić information content (AvgIpc) is 2.21. The van der Waals surface area contributed by atoms with Gasteiger partial charge in [-0.05, 0) is 37.5 Å². The molecule has 0 bridgehead atoms. The van der Waals surface area contributed by atoms with Crippen LogP contribution in [0.4, 0.5) is 0 Å². The molecule has 0 N–H and O–H groups in total. The normalized spacial score (nSPS) is 11.5. The summed E-state index contributed by atoms with van der Waals surface area (Å²) in [7, 11) is 0. The number of carbonyl (C=O) groups is 1. The number of hydrogen-bond donors (Lipinski definition) is 0. The van der Waals surface area contributed by atoms with E-state index >= 15 is 0 Å². The molecule has 0 saturated carbocycles. The lowest BCUT2D eigenvalue weighted by molar-refractivity contribution is 0.0833. The van der Waals surface area contributed by atoms with Crippen LogP contribution in [-0.2, 0) is 0 Å². The van der Waals surface area contributed by atoms with Crippen LogP contribution in [0, 0.1) is 19.3 Å². The second-order valence-electron chi connectivity index (χ2n) is 4.87. The van der Waals surface area contributed by atoms with E-state index in [1.54, 1.807) is 0 Å². The van der Waals surface area contributed by atoms with Crippen LogP contribution in [-0.4, -0.2) is 5.78 Å². The maximum Gasteiger partial charge on any atom is 0.168 e. The second kappa shape index (κ2) is 4.18. The summed E-state index contributed by atoms with van der Waals surface area (Å²) in [5.74, 6) is 0.244. The molecule has 0 heterocycles. The Morgan fingerprint density at radius 3 is 2.27 bits per heavy atom. The van der Waals surface area contributed by atoms with Gasteiger partial charge in [-0.3, -0.25) is 4.79 Å². The van der Waals surface area contributed by atoms with E-state index in [0.29, 0.717) is 0 Å². The van der Waals surface area contributed by atoms with Gasteiger partial charge in [0.15, 0.2) is 5.78 Å². The summed E-state index contributed by atoms with van der Waals surface area (Å²) in [6.45, 7) is 10.2. The van der Waals surface area contributed by atoms with E-state index in [4.69, 9.17) is 0 Å². The summed E-state index contributed by atoms with van der Waals surface area (Å²) in [5.41, 5.74) is 3.01. The van der Waals surface area contributed by atoms with Crippen molar-refractivity contribution in [1.29, 1.82) is 0 Å². The lowest BCUT2D eigenvalue weighted by atomic mass is 9.81. The first-order valence-electron chi connectivity index (χ1n) is 5.50. The number of ketones is 1. The zero-order valence-electron chi connectivity index (χ0n) is 10.3. The van der Waals surface area contributed by atoms with Crippen molar-refractivity contribution < 1.29 is 4.79 Å². The molecule has 0 atom stereocenters. The highest BCUT2D eigenvalue weighted by molar-refractivity contribution is 6.00. The van der Waals surface area contributed by atoms with Crippen molar-refractivity contribution >= 4 is 5.78 Å². The Bertz CT molecular complexity index is 375. The third-order valence-corrected chi connectivity index (χ3v) is 3.27. The molecule has 1 aromatic rings. The van der Waals surface area contributed by atoms with Gasteiger partial charge in [0.05, 0.1) is 0 Å². The maximum atomic E-state index is 12.2. The number of aryl methyl sites for hydroxylation is 2. The molecule has 0 radical (unpaired) electrons. The average molecular weight is 204 g/mol. The molecule has 0 fully saturated rings. The van der Waals surface area contributed by atoms with Crippen LogP contribution in [0.3, 0.4) is 0 Å². The fourth-order valence-corrected chi connectivity index (χ4v) is 1.43. The van der Waals surface area contributed by atoms with Crippen LogP contribution >= 0.6 is 0 Å². The highest BCUT2D eigenvalue weighted by Gasteiger charge is 2.26. The number of Topliss-reactive ketones (excluding diaryl/α,β-unsaturated/α-hetero) is 1. The van der Waals surface area contributed by atoms with Gasteiger partial charge in [0.2, 0.25) is 0 Å². The molecule has 0 aromatic heterocycles. The highest BCUT2D eigenvalue weighted by atomic mass is 16.1. The predicted molar refractivity (Wildman–Crippen MR) is 64.3 cm³/mol. The smallest absolute Gasteiger partial charge is 0.168 e. The Morgan fingerprint density at radius 1 is 1.20 bits per heavy atom. The minimum Gasteiger partial charge on any atom is -0.294 e. The van der Waals surface area contributed by atoms with E-state index in [1.807, 2.05) is 39.0 Å². The monoisotopic (exact) mass is 204 g/mol. The molecule has 15 heavy (non-hydrogen) atoms. The van der Waals surface area contributed by atoms with Crippen molar-refractivity contribution in [2.75, 3.05) is 0 Å². The fourth-order valence-electron chi connectivity index (χ4n) is 1.43. The summed E-state index contributed by atoms with van der Waals surface area (Å²) < 4.78 is 0. The van der Waals surface area contributed by atoms with Crippen LogP contribution in [0.15, 0.2) is 18.2 Å². The number of rotatable bonds is 3. The van der Waals surface area contributed by atoms with Gasteiger partial charge in [0.1, 0.15) is 0 Å². The van der Waals surface area contributed by atoms with Crippen LogP contribution in [0.1, 0.15) is 48.7 Å². The number of hydrogen-bond acceptors (Lipinski definition) is 1. The predicted octanol–water partition coefficient (Wildman–Crippen LogP) is 3.92. The van der Waals surface area contributed by atoms with Crippen molar-refractivity contribution in [2.45, 2.75) is 41.0 Å². The lowest BCUT2D eigenvalue weighted by Crippen LogP contribution is -2.23. The molecule has 0 unspecified atom stereocenters. The van der Waals surface area contributed by atoms with Gasteiger partial charge in [-0.2, -0.15) is 0 Å². The summed E-state index contributed by atoms with van der Waals surface area (Å²) in [5, 5.41) is 0. The van der Waals surface area contributed by atoms with Crippen molar-refractivity contribution in [1.82, 2.24) is 0 Å². The van der Waals surface area contributed by atoms with Gasteiger partial charge >= 0.3 is 0 Å². The van der Waals surface area contributed by atoms with Gasteiger partial charge in [-0.1, -0.05) is 32.9 Å². The van der Waals surface area contributed by atoms with E-state index in [0.717, 1.165) is 12.0 Å². The van der Waals surface area contributed by atoms with Crippen LogP contribution in [0.5, 0.6) is 0 Å². The summed E-state index contributed by atoms with van der Waals surface area (Å²) >= 11 is 0. The molecule has 1 aromatic carbocycles. The summed E-state index contributed by atoms with van der Waals surface area (Å²) in [4.78, 5) is 12.2. The molecule has 1 rings (SSSR count). The Morgan fingerprint density at radius 2 is 1.80 bits per heavy atom. The topological polar surface area (TPSA) is 17.1 Å². The maximum absolute atomic E-state index is 12.2. The van der Waals surface area contributed by atoms with Crippen LogP contribution in [0.2, 0.25) is 0 Å². The molecule has 1 nitrogen and oxygen atoms in total. The molecule has 0 amide bonds. The van der Waals surface area contributed by atoms with Gasteiger partial charge in [0.25, 0.3) is 0 Å². The van der Waals surface area contributed by atoms with E-state index < -0.39 is 0 Å². The summed E-state index contributed by atoms with van der Waals surface area (Å²) in [6.07, 6.45) is 0.874. The van der Waals surface area contributed by atoms with Crippen molar-refractivity contribution in [3.8, 4) is 0 Å². The summed E-state index contributed by atoms with van der Waals surface area (Å²) in [6, 6.07) is 5.95. The molecule has 0 saturated heterocycles. The standard InChI is InChI=1S/C14H20O/c1-6-14(4,5)13(15)12-8-7-10(2)11(3)9-12/h7-9H,6H2,1-5H3. The molecular formula is C14H20O. The van der Waals surface area contributed by atoms with E-state index in [1.165, 1.54) is 11.1 Å². The largest absolute Gasteiger partial charge is 0.294 e. The Balaban J connectivity index is 3.08. The van der Waals surface area contributed by atoms with Crippen molar-refractivity contribution in [3.63, 3.8) is 0 Å². The van der Waals surface area contributed by atoms with Gasteiger partial charge < -0.3 is 0 Å². The third-order valence-electron chi connectivity index (χ3n) is 3.27. The minimum atomic E-state index is -0.248. The van der Waals surface area contributed by atoms with E-state index in [2.05, 4.69) is 13.8 Å². The van der Waals surface area contributed by atoms with Crippen LogP contribution < -0.4 is 0 Å². The third kappa shape index (κ3) is 2.47. The molecule has 82 valence electrons. The molecular weight excluding hydrogens is 184 g/mol. The first-order chi connectivity index (χ1) is 6.88. The van der Waals surface area contributed by atoms with Gasteiger partial charge in [0, 0.05) is 11.0 Å². The number of carbonyl (C=O) groups excluding carboxylic acids is 1. The first kappa shape index (κ1) is 12.0. The molecule has 0 aliphatic carbocycles. The van der Waals surface area contributed by atoms with Gasteiger partial charge in [-0.25, -0.2) is 0 Å². The molecule has 0 aliphatic rings. The Kier molecular flexibility index (Phi) is 3.33. The van der Waals surface area contributed by atoms with Crippen LogP contribution in [0.25, 0.3) is 0 Å². The van der Waals surface area contributed by atoms with E-state index in [9.17, 15) is 4.79 Å². The molecule has 0 spiro atoms. The lowest BCUT2D eigenvalue weighted by Gasteiger charge is -2.21. The minimum absolute atomic E-state index is 0.244. The highest BCUT2D eigenvalue weighted by Crippen LogP contribution is 2.26. The quantitative estimate of drug-likeness (QED) is 0.682. The van der Waals surface area contributed by atoms with Gasteiger partial charge in [-0.15, -0.1) is 0 Å². The fraction of sp³-hybridized carbons (Fsp3) is 0.500. The van der Waals surface area contributed by atoms with E-state index in [-0.39, 0.29) is 11.2 Å².